The first-order valence-corrected chi connectivity index (χ1v) is 5.94. The number of carbonyl (C=O) groups is 1. The molecule has 0 aromatic rings. The Balaban J connectivity index is 2.44. The number of nitrogens with zero attached hydrogens (tertiary/aromatic N) is 1. The highest BCUT2D eigenvalue weighted by Gasteiger charge is 2.45. The van der Waals surface area contributed by atoms with Crippen LogP contribution in [0.15, 0.2) is 0 Å². The van der Waals surface area contributed by atoms with Crippen molar-refractivity contribution in [1.29, 1.82) is 0 Å². The summed E-state index contributed by atoms with van der Waals surface area (Å²) in [7, 11) is 1.70. The van der Waals surface area contributed by atoms with Crippen LogP contribution in [0.1, 0.15) is 33.1 Å². The fraction of sp³-hybridized carbons (Fsp3) is 0.917. The molecule has 0 aliphatic heterocycles. The largest absolute Gasteiger partial charge is 0.481 e. The van der Waals surface area contributed by atoms with Gasteiger partial charge in [0.1, 0.15) is 0 Å². The van der Waals surface area contributed by atoms with E-state index in [2.05, 4.69) is 18.7 Å². The van der Waals surface area contributed by atoms with Gasteiger partial charge in [0.15, 0.2) is 0 Å². The predicted octanol–water partition coefficient (Wildman–Crippen LogP) is 1.60. The summed E-state index contributed by atoms with van der Waals surface area (Å²) in [6.45, 7) is 6.77. The van der Waals surface area contributed by atoms with Crippen LogP contribution in [0.3, 0.4) is 0 Å². The molecule has 0 spiro atoms. The second kappa shape index (κ2) is 5.64. The second-order valence-corrected chi connectivity index (χ2v) is 5.13. The van der Waals surface area contributed by atoms with Crippen LogP contribution < -0.4 is 0 Å². The molecule has 4 nitrogen and oxygen atoms in total. The highest BCUT2D eigenvalue weighted by atomic mass is 16.5. The van der Waals surface area contributed by atoms with Crippen molar-refractivity contribution in [2.45, 2.75) is 39.2 Å². The molecule has 4 heteroatoms. The van der Waals surface area contributed by atoms with Crippen LogP contribution in [0.5, 0.6) is 0 Å². The van der Waals surface area contributed by atoms with Crippen LogP contribution in [0.25, 0.3) is 0 Å². The Bertz CT molecular complexity index is 236. The van der Waals surface area contributed by atoms with Gasteiger partial charge < -0.3 is 9.84 Å². The quantitative estimate of drug-likeness (QED) is 0.687. The third-order valence-electron chi connectivity index (χ3n) is 3.33. The summed E-state index contributed by atoms with van der Waals surface area (Å²) in [6.07, 6.45) is 2.41. The van der Waals surface area contributed by atoms with Crippen LogP contribution in [-0.2, 0) is 9.53 Å². The maximum atomic E-state index is 10.8. The summed E-state index contributed by atoms with van der Waals surface area (Å²) in [6, 6.07) is 0.446. The molecule has 0 unspecified atom stereocenters. The van der Waals surface area contributed by atoms with Crippen molar-refractivity contribution in [1.82, 2.24) is 4.90 Å². The molecule has 0 radical (unpaired) electrons. The molecule has 0 amide bonds. The highest BCUT2D eigenvalue weighted by Crippen LogP contribution is 2.49. The van der Waals surface area contributed by atoms with E-state index >= 15 is 0 Å². The van der Waals surface area contributed by atoms with Gasteiger partial charge in [-0.25, -0.2) is 0 Å². The average Bonchev–Trinajstić information content (AvgIpc) is 2.91. The van der Waals surface area contributed by atoms with Gasteiger partial charge in [-0.1, -0.05) is 0 Å². The Hall–Kier alpha value is -0.610. The van der Waals surface area contributed by atoms with Crippen LogP contribution in [-0.4, -0.2) is 48.8 Å². The average molecular weight is 229 g/mol. The molecule has 0 aromatic heterocycles. The zero-order chi connectivity index (χ0) is 12.2. The fourth-order valence-corrected chi connectivity index (χ4v) is 2.05. The molecule has 1 N–H and O–H groups in total. The van der Waals surface area contributed by atoms with E-state index in [1.807, 2.05) is 0 Å². The van der Waals surface area contributed by atoms with Crippen LogP contribution in [0, 0.1) is 5.41 Å². The van der Waals surface area contributed by atoms with Gasteiger partial charge in [0.05, 0.1) is 13.0 Å². The van der Waals surface area contributed by atoms with E-state index in [1.165, 1.54) is 0 Å². The third kappa shape index (κ3) is 4.10. The van der Waals surface area contributed by atoms with Crippen LogP contribution in [0.4, 0.5) is 0 Å². The highest BCUT2D eigenvalue weighted by molar-refractivity contribution is 5.68. The number of carboxylic acids is 1. The summed E-state index contributed by atoms with van der Waals surface area (Å²) in [5, 5.41) is 8.87. The van der Waals surface area contributed by atoms with Gasteiger partial charge in [-0.3, -0.25) is 9.69 Å². The topological polar surface area (TPSA) is 49.8 Å². The molecule has 1 fully saturated rings. The van der Waals surface area contributed by atoms with E-state index < -0.39 is 5.97 Å². The number of ether oxygens (including phenoxy) is 1. The summed E-state index contributed by atoms with van der Waals surface area (Å²) >= 11 is 0. The molecule has 0 heterocycles. The van der Waals surface area contributed by atoms with E-state index in [1.54, 1.807) is 7.11 Å². The monoisotopic (exact) mass is 229 g/mol. The summed E-state index contributed by atoms with van der Waals surface area (Å²) in [4.78, 5) is 13.1. The maximum absolute atomic E-state index is 10.8. The van der Waals surface area contributed by atoms with Crippen molar-refractivity contribution in [2.24, 2.45) is 5.41 Å². The number of hydrogen-bond acceptors (Lipinski definition) is 3. The van der Waals surface area contributed by atoms with Gasteiger partial charge in [-0.15, -0.1) is 0 Å². The molecular formula is C12H23NO3. The van der Waals surface area contributed by atoms with Crippen molar-refractivity contribution in [3.05, 3.63) is 0 Å². The molecule has 16 heavy (non-hydrogen) atoms. The minimum absolute atomic E-state index is 0.0455. The zero-order valence-electron chi connectivity index (χ0n) is 10.5. The number of rotatable bonds is 8. The van der Waals surface area contributed by atoms with Gasteiger partial charge in [0, 0.05) is 26.2 Å². The molecule has 1 aliphatic rings. The Labute approximate surface area is 97.6 Å². The molecule has 1 saturated carbocycles. The normalized spacial score (nSPS) is 18.1. The Kier molecular flexibility index (Phi) is 4.74. The van der Waals surface area contributed by atoms with E-state index in [0.717, 1.165) is 25.9 Å². The number of aliphatic carboxylic acids is 1. The smallest absolute Gasteiger partial charge is 0.303 e. The number of carboxylic acid groups (broad SMARTS) is 1. The van der Waals surface area contributed by atoms with Gasteiger partial charge in [-0.05, 0) is 32.1 Å². The first-order chi connectivity index (χ1) is 7.49. The molecule has 0 saturated heterocycles. The standard InChI is InChI=1S/C12H23NO3/c1-10(2)13(6-7-16-3)9-12(4-5-12)8-11(14)15/h10H,4-9H2,1-3H3,(H,14,15). The predicted molar refractivity (Wildman–Crippen MR) is 62.5 cm³/mol. The fourth-order valence-electron chi connectivity index (χ4n) is 2.05. The first kappa shape index (κ1) is 13.5. The second-order valence-electron chi connectivity index (χ2n) is 5.13. The first-order valence-electron chi connectivity index (χ1n) is 5.94. The number of methoxy groups -OCH3 is 1. The van der Waals surface area contributed by atoms with Crippen LogP contribution in [0.2, 0.25) is 0 Å². The zero-order valence-corrected chi connectivity index (χ0v) is 10.5. The third-order valence-corrected chi connectivity index (χ3v) is 3.33. The van der Waals surface area contributed by atoms with Gasteiger partial charge in [-0.2, -0.15) is 0 Å². The molecule has 0 bridgehead atoms. The SMILES string of the molecule is COCCN(CC1(CC(=O)O)CC1)C(C)C. The lowest BCUT2D eigenvalue weighted by Gasteiger charge is -2.30. The van der Waals surface area contributed by atoms with E-state index in [9.17, 15) is 4.79 Å². The summed E-state index contributed by atoms with van der Waals surface area (Å²) < 4.78 is 5.08. The molecular weight excluding hydrogens is 206 g/mol. The maximum Gasteiger partial charge on any atom is 0.303 e. The molecule has 0 aromatic carbocycles. The Morgan fingerprint density at radius 3 is 2.50 bits per heavy atom. The molecule has 94 valence electrons. The van der Waals surface area contributed by atoms with Gasteiger partial charge in [0.2, 0.25) is 0 Å². The minimum Gasteiger partial charge on any atom is -0.481 e. The summed E-state index contributed by atoms with van der Waals surface area (Å²) in [5.41, 5.74) is 0.0455. The van der Waals surface area contributed by atoms with Crippen LogP contribution >= 0.6 is 0 Å². The molecule has 0 atom stereocenters. The van der Waals surface area contributed by atoms with Crippen molar-refractivity contribution in [3.63, 3.8) is 0 Å². The van der Waals surface area contributed by atoms with Crippen molar-refractivity contribution >= 4 is 5.97 Å². The lowest BCUT2D eigenvalue weighted by atomic mass is 10.0. The summed E-state index contributed by atoms with van der Waals surface area (Å²) in [5.74, 6) is -0.673. The Morgan fingerprint density at radius 1 is 1.50 bits per heavy atom. The van der Waals surface area contributed by atoms with Crippen molar-refractivity contribution < 1.29 is 14.6 Å². The lowest BCUT2D eigenvalue weighted by Crippen LogP contribution is -2.39. The van der Waals surface area contributed by atoms with E-state index in [4.69, 9.17) is 9.84 Å². The number of hydrogen-bond donors (Lipinski definition) is 1. The van der Waals surface area contributed by atoms with Gasteiger partial charge >= 0.3 is 5.97 Å². The molecule has 1 rings (SSSR count). The van der Waals surface area contributed by atoms with E-state index in [0.29, 0.717) is 19.1 Å². The molecule has 1 aliphatic carbocycles. The lowest BCUT2D eigenvalue weighted by molar-refractivity contribution is -0.138. The van der Waals surface area contributed by atoms with Crippen molar-refractivity contribution in [2.75, 3.05) is 26.8 Å². The Morgan fingerprint density at radius 2 is 2.12 bits per heavy atom. The minimum atomic E-state index is -0.673. The van der Waals surface area contributed by atoms with Gasteiger partial charge in [0.25, 0.3) is 0 Å². The van der Waals surface area contributed by atoms with E-state index in [-0.39, 0.29) is 5.41 Å². The van der Waals surface area contributed by atoms with Crippen molar-refractivity contribution in [3.8, 4) is 0 Å².